The summed E-state index contributed by atoms with van der Waals surface area (Å²) in [4.78, 5) is 25.2. The smallest absolute Gasteiger partial charge is 0.250 e. The van der Waals surface area contributed by atoms with Gasteiger partial charge in [0.05, 0.1) is 6.54 Å². The first-order valence-corrected chi connectivity index (χ1v) is 7.14. The molecule has 3 rings (SSSR count). The molecule has 0 atom stereocenters. The number of pyridine rings is 1. The van der Waals surface area contributed by atoms with Crippen molar-refractivity contribution < 1.29 is 18.3 Å². The maximum absolute atomic E-state index is 14.0. The monoisotopic (exact) mass is 320 g/mol. The molecule has 23 heavy (non-hydrogen) atoms. The van der Waals surface area contributed by atoms with Gasteiger partial charge >= 0.3 is 0 Å². The van der Waals surface area contributed by atoms with Crippen molar-refractivity contribution in [3.63, 3.8) is 0 Å². The van der Waals surface area contributed by atoms with Gasteiger partial charge in [0.1, 0.15) is 12.3 Å². The van der Waals surface area contributed by atoms with Crippen LogP contribution >= 0.6 is 0 Å². The highest BCUT2D eigenvalue weighted by atomic mass is 19.1. The molecule has 0 unspecified atom stereocenters. The maximum atomic E-state index is 14.0. The second-order valence-corrected chi connectivity index (χ2v) is 5.08. The first kappa shape index (κ1) is 15.2. The van der Waals surface area contributed by atoms with E-state index < -0.39 is 17.5 Å². The van der Waals surface area contributed by atoms with Gasteiger partial charge in [-0.05, 0) is 18.2 Å². The standard InChI is InChI=1S/C16H14F2N2O3/c17-11-4-5-12(18)16-15(11)20(9-10-23-16)14(22)6-8-19-7-2-1-3-13(19)21/h1-5,7H,6,8-10H2. The van der Waals surface area contributed by atoms with Crippen LogP contribution in [0.25, 0.3) is 0 Å². The molecule has 0 spiro atoms. The third kappa shape index (κ3) is 2.94. The van der Waals surface area contributed by atoms with Crippen LogP contribution in [0.1, 0.15) is 6.42 Å². The van der Waals surface area contributed by atoms with E-state index in [4.69, 9.17) is 4.74 Å². The maximum Gasteiger partial charge on any atom is 0.250 e. The molecule has 0 radical (unpaired) electrons. The van der Waals surface area contributed by atoms with Crippen LogP contribution in [-0.2, 0) is 11.3 Å². The Labute approximate surface area is 130 Å². The lowest BCUT2D eigenvalue weighted by atomic mass is 10.2. The number of carbonyl (C=O) groups is 1. The molecule has 1 aromatic heterocycles. The van der Waals surface area contributed by atoms with E-state index in [-0.39, 0.29) is 43.1 Å². The van der Waals surface area contributed by atoms with E-state index in [0.717, 1.165) is 12.1 Å². The summed E-state index contributed by atoms with van der Waals surface area (Å²) in [6, 6.07) is 6.61. The van der Waals surface area contributed by atoms with E-state index in [1.807, 2.05) is 0 Å². The first-order chi connectivity index (χ1) is 11.1. The van der Waals surface area contributed by atoms with Gasteiger partial charge in [-0.2, -0.15) is 0 Å². The Kier molecular flexibility index (Phi) is 4.10. The molecule has 1 amide bonds. The Hall–Kier alpha value is -2.70. The van der Waals surface area contributed by atoms with Crippen LogP contribution in [0.4, 0.5) is 14.5 Å². The van der Waals surface area contributed by atoms with Crippen LogP contribution in [0.2, 0.25) is 0 Å². The number of carbonyl (C=O) groups excluding carboxylic acids is 1. The van der Waals surface area contributed by atoms with E-state index in [0.29, 0.717) is 0 Å². The Bertz CT molecular complexity index is 804. The van der Waals surface area contributed by atoms with Gasteiger partial charge in [0.15, 0.2) is 17.4 Å². The number of benzene rings is 1. The second kappa shape index (κ2) is 6.20. The second-order valence-electron chi connectivity index (χ2n) is 5.08. The van der Waals surface area contributed by atoms with Crippen LogP contribution < -0.4 is 15.2 Å². The highest BCUT2D eigenvalue weighted by molar-refractivity contribution is 5.95. The third-order valence-electron chi connectivity index (χ3n) is 3.63. The summed E-state index contributed by atoms with van der Waals surface area (Å²) < 4.78 is 34.2. The van der Waals surface area contributed by atoms with Gasteiger partial charge in [-0.25, -0.2) is 8.78 Å². The Morgan fingerprint density at radius 1 is 1.17 bits per heavy atom. The normalized spacial score (nSPS) is 13.4. The number of amides is 1. The minimum absolute atomic E-state index is 0.000681. The number of ether oxygens (including phenoxy) is 1. The lowest BCUT2D eigenvalue weighted by Crippen LogP contribution is -2.39. The van der Waals surface area contributed by atoms with Crippen molar-refractivity contribution in [1.82, 2.24) is 4.57 Å². The lowest BCUT2D eigenvalue weighted by molar-refractivity contribution is -0.119. The molecular weight excluding hydrogens is 306 g/mol. The van der Waals surface area contributed by atoms with Crippen LogP contribution in [0, 0.1) is 11.6 Å². The molecule has 2 aromatic rings. The van der Waals surface area contributed by atoms with E-state index in [1.54, 1.807) is 18.3 Å². The molecule has 0 saturated heterocycles. The van der Waals surface area contributed by atoms with E-state index in [9.17, 15) is 18.4 Å². The first-order valence-electron chi connectivity index (χ1n) is 7.14. The van der Waals surface area contributed by atoms with Crippen LogP contribution in [0.15, 0.2) is 41.3 Å². The third-order valence-corrected chi connectivity index (χ3v) is 3.63. The number of fused-ring (bicyclic) bond motifs is 1. The highest BCUT2D eigenvalue weighted by Gasteiger charge is 2.29. The Morgan fingerprint density at radius 3 is 2.74 bits per heavy atom. The van der Waals surface area contributed by atoms with E-state index >= 15 is 0 Å². The van der Waals surface area contributed by atoms with Crippen molar-refractivity contribution >= 4 is 11.6 Å². The Morgan fingerprint density at radius 2 is 1.96 bits per heavy atom. The molecule has 1 aliphatic heterocycles. The minimum Gasteiger partial charge on any atom is -0.486 e. The van der Waals surface area contributed by atoms with Crippen molar-refractivity contribution in [3.05, 3.63) is 58.5 Å². The Balaban J connectivity index is 1.81. The fourth-order valence-electron chi connectivity index (χ4n) is 2.51. The molecule has 7 heteroatoms. The molecule has 120 valence electrons. The van der Waals surface area contributed by atoms with Gasteiger partial charge < -0.3 is 14.2 Å². The van der Waals surface area contributed by atoms with Crippen molar-refractivity contribution in [3.8, 4) is 5.75 Å². The zero-order valence-corrected chi connectivity index (χ0v) is 12.2. The van der Waals surface area contributed by atoms with Crippen LogP contribution in [-0.4, -0.2) is 23.6 Å². The van der Waals surface area contributed by atoms with Crippen molar-refractivity contribution in [2.75, 3.05) is 18.1 Å². The molecular formula is C16H14F2N2O3. The molecule has 0 aliphatic carbocycles. The zero-order chi connectivity index (χ0) is 16.4. The predicted molar refractivity (Wildman–Crippen MR) is 79.5 cm³/mol. The average molecular weight is 320 g/mol. The summed E-state index contributed by atoms with van der Waals surface area (Å²) >= 11 is 0. The summed E-state index contributed by atoms with van der Waals surface area (Å²) in [5.74, 6) is -2.07. The molecule has 2 heterocycles. The number of nitrogens with zero attached hydrogens (tertiary/aromatic N) is 2. The molecule has 1 aliphatic rings. The molecule has 0 N–H and O–H groups in total. The summed E-state index contributed by atoms with van der Waals surface area (Å²) in [5.41, 5.74) is -0.401. The summed E-state index contributed by atoms with van der Waals surface area (Å²) in [6.45, 7) is 0.391. The largest absolute Gasteiger partial charge is 0.486 e. The molecule has 0 fully saturated rings. The molecule has 0 bridgehead atoms. The van der Waals surface area contributed by atoms with Crippen LogP contribution in [0.3, 0.4) is 0 Å². The fraction of sp³-hybridized carbons (Fsp3) is 0.250. The molecule has 1 aromatic carbocycles. The van der Waals surface area contributed by atoms with Gasteiger partial charge in [0.2, 0.25) is 5.91 Å². The lowest BCUT2D eigenvalue weighted by Gasteiger charge is -2.30. The van der Waals surface area contributed by atoms with Gasteiger partial charge in [0.25, 0.3) is 5.56 Å². The average Bonchev–Trinajstić information content (AvgIpc) is 2.57. The predicted octanol–water partition coefficient (Wildman–Crippen LogP) is 1.94. The van der Waals surface area contributed by atoms with E-state index in [2.05, 4.69) is 0 Å². The van der Waals surface area contributed by atoms with Gasteiger partial charge in [-0.15, -0.1) is 0 Å². The fourth-order valence-corrected chi connectivity index (χ4v) is 2.51. The van der Waals surface area contributed by atoms with Crippen molar-refractivity contribution in [2.45, 2.75) is 13.0 Å². The summed E-state index contributed by atoms with van der Waals surface area (Å²) in [6.07, 6.45) is 1.57. The summed E-state index contributed by atoms with van der Waals surface area (Å²) in [5, 5.41) is 0. The number of hydrogen-bond acceptors (Lipinski definition) is 3. The van der Waals surface area contributed by atoms with Gasteiger partial charge in [-0.3, -0.25) is 9.59 Å². The number of rotatable bonds is 3. The number of halogens is 2. The molecule has 5 nitrogen and oxygen atoms in total. The number of aromatic nitrogens is 1. The highest BCUT2D eigenvalue weighted by Crippen LogP contribution is 2.36. The SMILES string of the molecule is O=C(CCn1ccccc1=O)N1CCOc2c(F)ccc(F)c21. The zero-order valence-electron chi connectivity index (χ0n) is 12.2. The number of hydrogen-bond donors (Lipinski definition) is 0. The van der Waals surface area contributed by atoms with Crippen molar-refractivity contribution in [1.29, 1.82) is 0 Å². The number of aryl methyl sites for hydroxylation is 1. The van der Waals surface area contributed by atoms with Gasteiger partial charge in [0, 0.05) is 25.2 Å². The quantitative estimate of drug-likeness (QED) is 0.868. The molecule has 0 saturated carbocycles. The number of anilines is 1. The minimum atomic E-state index is -0.716. The topological polar surface area (TPSA) is 51.5 Å². The van der Waals surface area contributed by atoms with Gasteiger partial charge in [-0.1, -0.05) is 6.07 Å². The van der Waals surface area contributed by atoms with Crippen LogP contribution in [0.5, 0.6) is 5.75 Å². The van der Waals surface area contributed by atoms with Crippen molar-refractivity contribution in [2.24, 2.45) is 0 Å². The van der Waals surface area contributed by atoms with E-state index in [1.165, 1.54) is 15.5 Å². The summed E-state index contributed by atoms with van der Waals surface area (Å²) in [7, 11) is 0.